The van der Waals surface area contributed by atoms with Gasteiger partial charge in [-0.1, -0.05) is 13.8 Å². The second-order valence-corrected chi connectivity index (χ2v) is 7.90. The molecule has 2 saturated heterocycles. The predicted molar refractivity (Wildman–Crippen MR) is 102 cm³/mol. The number of morpholine rings is 1. The van der Waals surface area contributed by atoms with Crippen LogP contribution in [0.1, 0.15) is 36.5 Å². The molecule has 2 aliphatic heterocycles. The summed E-state index contributed by atoms with van der Waals surface area (Å²) >= 11 is 0. The highest BCUT2D eigenvalue weighted by atomic mass is 16.5. The largest absolute Gasteiger partial charge is 0.464 e. The fourth-order valence-corrected chi connectivity index (χ4v) is 4.25. The van der Waals surface area contributed by atoms with Crippen molar-refractivity contribution in [2.45, 2.75) is 39.2 Å². The molecule has 0 aliphatic carbocycles. The maximum atomic E-state index is 12.9. The van der Waals surface area contributed by atoms with E-state index in [0.717, 1.165) is 55.9 Å². The van der Waals surface area contributed by atoms with Crippen LogP contribution >= 0.6 is 0 Å². The molecule has 0 bridgehead atoms. The number of benzene rings is 1. The maximum Gasteiger partial charge on any atom is 0.227 e. The number of amides is 1. The number of carbonyl (C=O) groups is 1. The van der Waals surface area contributed by atoms with Gasteiger partial charge < -0.3 is 14.1 Å². The van der Waals surface area contributed by atoms with E-state index in [9.17, 15) is 4.79 Å². The van der Waals surface area contributed by atoms with Crippen LogP contribution in [0.4, 0.5) is 0 Å². The summed E-state index contributed by atoms with van der Waals surface area (Å²) < 4.78 is 11.3. The number of furan rings is 1. The summed E-state index contributed by atoms with van der Waals surface area (Å²) in [6.07, 6.45) is 2.16. The van der Waals surface area contributed by atoms with E-state index in [1.54, 1.807) is 6.26 Å². The van der Waals surface area contributed by atoms with E-state index in [2.05, 4.69) is 37.8 Å². The highest BCUT2D eigenvalue weighted by molar-refractivity contribution is 5.88. The third-order valence-electron chi connectivity index (χ3n) is 5.80. The van der Waals surface area contributed by atoms with Gasteiger partial charge in [-0.25, -0.2) is 0 Å². The molecule has 1 atom stereocenters. The Hall–Kier alpha value is -1.85. The Labute approximate surface area is 154 Å². The number of rotatable bonds is 3. The zero-order valence-electron chi connectivity index (χ0n) is 16.0. The van der Waals surface area contributed by atoms with Crippen LogP contribution in [0, 0.1) is 6.92 Å². The Balaban J connectivity index is 1.51. The Bertz CT molecular complexity index is 811. The monoisotopic (exact) mass is 356 g/mol. The first kappa shape index (κ1) is 17.6. The lowest BCUT2D eigenvalue weighted by Crippen LogP contribution is -2.59. The third kappa shape index (κ3) is 3.26. The van der Waals surface area contributed by atoms with Crippen LogP contribution < -0.4 is 0 Å². The smallest absolute Gasteiger partial charge is 0.227 e. The Morgan fingerprint density at radius 1 is 1.27 bits per heavy atom. The molecule has 5 nitrogen and oxygen atoms in total. The normalized spacial score (nSPS) is 21.4. The van der Waals surface area contributed by atoms with E-state index in [0.29, 0.717) is 18.4 Å². The predicted octanol–water partition coefficient (Wildman–Crippen LogP) is 2.95. The second-order valence-electron chi connectivity index (χ2n) is 7.90. The first-order valence-electron chi connectivity index (χ1n) is 9.63. The molecule has 2 aromatic rings. The molecule has 2 fully saturated rings. The molecule has 0 spiro atoms. The third-order valence-corrected chi connectivity index (χ3v) is 5.80. The summed E-state index contributed by atoms with van der Waals surface area (Å²) in [5, 5.41) is 1.08. The van der Waals surface area contributed by atoms with Crippen molar-refractivity contribution in [3.63, 3.8) is 0 Å². The second kappa shape index (κ2) is 7.05. The van der Waals surface area contributed by atoms with Gasteiger partial charge in [0.25, 0.3) is 0 Å². The molecule has 26 heavy (non-hydrogen) atoms. The molecule has 1 aromatic carbocycles. The van der Waals surface area contributed by atoms with Gasteiger partial charge in [-0.15, -0.1) is 0 Å². The van der Waals surface area contributed by atoms with Gasteiger partial charge in [-0.05, 0) is 36.1 Å². The lowest BCUT2D eigenvalue weighted by molar-refractivity contribution is -0.136. The van der Waals surface area contributed by atoms with E-state index < -0.39 is 0 Å². The lowest BCUT2D eigenvalue weighted by atomic mass is 9.95. The van der Waals surface area contributed by atoms with E-state index >= 15 is 0 Å². The Morgan fingerprint density at radius 2 is 2.12 bits per heavy atom. The van der Waals surface area contributed by atoms with Crippen LogP contribution in [0.15, 0.2) is 22.8 Å². The summed E-state index contributed by atoms with van der Waals surface area (Å²) in [4.78, 5) is 17.3. The van der Waals surface area contributed by atoms with Gasteiger partial charge in [0.05, 0.1) is 31.9 Å². The minimum atomic E-state index is 0.185. The molecule has 2 aliphatic rings. The first-order valence-corrected chi connectivity index (χ1v) is 9.63. The summed E-state index contributed by atoms with van der Waals surface area (Å²) in [5.74, 6) is 0.641. The highest BCUT2D eigenvalue weighted by Gasteiger charge is 2.31. The molecule has 1 aromatic heterocycles. The fourth-order valence-electron chi connectivity index (χ4n) is 4.25. The van der Waals surface area contributed by atoms with Gasteiger partial charge in [-0.2, -0.15) is 0 Å². The molecule has 5 heteroatoms. The van der Waals surface area contributed by atoms with Crippen LogP contribution in [0.2, 0.25) is 0 Å². The van der Waals surface area contributed by atoms with Gasteiger partial charge >= 0.3 is 0 Å². The number of nitrogens with zero attached hydrogens (tertiary/aromatic N) is 2. The van der Waals surface area contributed by atoms with Crippen molar-refractivity contribution in [3.05, 3.63) is 35.1 Å². The SMILES string of the molecule is Cc1cc2occ(CC(=O)N3CCN4CCOC[C@@H]4C3)c2cc1C(C)C. The maximum absolute atomic E-state index is 12.9. The van der Waals surface area contributed by atoms with Crippen LogP contribution in [-0.4, -0.2) is 61.1 Å². The molecule has 0 radical (unpaired) electrons. The standard InChI is InChI=1S/C21H28N2O3/c1-14(2)18-10-19-16(12-26-20(19)8-15(18)3)9-21(24)23-5-4-22-6-7-25-13-17(22)11-23/h8,10,12,14,17H,4-7,9,11,13H2,1-3H3/t17-/m0/s1. The fraction of sp³-hybridized carbons (Fsp3) is 0.571. The van der Waals surface area contributed by atoms with Crippen LogP contribution in [0.3, 0.4) is 0 Å². The number of piperazine rings is 1. The minimum Gasteiger partial charge on any atom is -0.464 e. The number of hydrogen-bond donors (Lipinski definition) is 0. The number of fused-ring (bicyclic) bond motifs is 2. The molecule has 0 saturated carbocycles. The minimum absolute atomic E-state index is 0.185. The molecular weight excluding hydrogens is 328 g/mol. The summed E-state index contributed by atoms with van der Waals surface area (Å²) in [6, 6.07) is 4.64. The quantitative estimate of drug-likeness (QED) is 0.848. The molecule has 0 unspecified atom stereocenters. The van der Waals surface area contributed by atoms with Crippen LogP contribution in [-0.2, 0) is 16.0 Å². The van der Waals surface area contributed by atoms with Gasteiger partial charge in [0.2, 0.25) is 5.91 Å². The summed E-state index contributed by atoms with van der Waals surface area (Å²) in [6.45, 7) is 11.6. The first-order chi connectivity index (χ1) is 12.5. The summed E-state index contributed by atoms with van der Waals surface area (Å²) in [5.41, 5.74) is 4.43. The van der Waals surface area contributed by atoms with Gasteiger partial charge in [-0.3, -0.25) is 9.69 Å². The zero-order valence-corrected chi connectivity index (χ0v) is 16.0. The van der Waals surface area contributed by atoms with Crippen LogP contribution in [0.25, 0.3) is 11.0 Å². The van der Waals surface area contributed by atoms with Gasteiger partial charge in [0.15, 0.2) is 0 Å². The number of aryl methyl sites for hydroxylation is 1. The van der Waals surface area contributed by atoms with Gasteiger partial charge in [0.1, 0.15) is 5.58 Å². The van der Waals surface area contributed by atoms with Crippen molar-refractivity contribution in [3.8, 4) is 0 Å². The number of ether oxygens (including phenoxy) is 1. The number of hydrogen-bond acceptors (Lipinski definition) is 4. The van der Waals surface area contributed by atoms with Crippen molar-refractivity contribution in [2.24, 2.45) is 0 Å². The molecule has 0 N–H and O–H groups in total. The zero-order chi connectivity index (χ0) is 18.3. The lowest BCUT2D eigenvalue weighted by Gasteiger charge is -2.43. The van der Waals surface area contributed by atoms with Crippen molar-refractivity contribution in [1.82, 2.24) is 9.80 Å². The molecule has 4 rings (SSSR count). The molecule has 3 heterocycles. The summed E-state index contributed by atoms with van der Waals surface area (Å²) in [7, 11) is 0. The Kier molecular flexibility index (Phi) is 4.76. The van der Waals surface area contributed by atoms with E-state index in [4.69, 9.17) is 9.15 Å². The van der Waals surface area contributed by atoms with Crippen molar-refractivity contribution < 1.29 is 13.9 Å². The Morgan fingerprint density at radius 3 is 2.92 bits per heavy atom. The average Bonchev–Trinajstić information content (AvgIpc) is 3.02. The number of carbonyl (C=O) groups excluding carboxylic acids is 1. The van der Waals surface area contributed by atoms with Crippen molar-refractivity contribution >= 4 is 16.9 Å². The van der Waals surface area contributed by atoms with Gasteiger partial charge in [0, 0.05) is 37.1 Å². The topological polar surface area (TPSA) is 45.9 Å². The molecular formula is C21H28N2O3. The van der Waals surface area contributed by atoms with Crippen molar-refractivity contribution in [2.75, 3.05) is 39.4 Å². The highest BCUT2D eigenvalue weighted by Crippen LogP contribution is 2.29. The van der Waals surface area contributed by atoms with Crippen molar-refractivity contribution in [1.29, 1.82) is 0 Å². The van der Waals surface area contributed by atoms with E-state index in [-0.39, 0.29) is 5.91 Å². The molecule has 1 amide bonds. The van der Waals surface area contributed by atoms with Crippen LogP contribution in [0.5, 0.6) is 0 Å². The molecule has 140 valence electrons. The van der Waals surface area contributed by atoms with E-state index in [1.165, 1.54) is 11.1 Å². The average molecular weight is 356 g/mol. The van der Waals surface area contributed by atoms with E-state index in [1.807, 2.05) is 4.90 Å².